The SMILES string of the molecule is CCC(CC(=O)N(C)C)N(C(=O)COC)c1c(C)cccc1C. The standard InChI is InChI=1S/C18H28N2O3/c1-7-15(11-16(21)19(4)5)20(17(22)12-23-6)18-13(2)9-8-10-14(18)3/h8-10,15H,7,11-12H2,1-6H3. The monoisotopic (exact) mass is 320 g/mol. The zero-order chi connectivity index (χ0) is 17.6. The Hall–Kier alpha value is -1.88. The van der Waals surface area contributed by atoms with E-state index in [1.165, 1.54) is 7.11 Å². The maximum Gasteiger partial charge on any atom is 0.253 e. The summed E-state index contributed by atoms with van der Waals surface area (Å²) in [4.78, 5) is 28.1. The molecule has 2 amide bonds. The van der Waals surface area contributed by atoms with Crippen LogP contribution in [0.4, 0.5) is 5.69 Å². The number of para-hydroxylation sites is 1. The zero-order valence-corrected chi connectivity index (χ0v) is 15.0. The Morgan fingerprint density at radius 3 is 2.13 bits per heavy atom. The fourth-order valence-electron chi connectivity index (χ4n) is 2.69. The van der Waals surface area contributed by atoms with Crippen molar-refractivity contribution in [2.45, 2.75) is 39.7 Å². The highest BCUT2D eigenvalue weighted by atomic mass is 16.5. The van der Waals surface area contributed by atoms with Gasteiger partial charge in [0.2, 0.25) is 5.91 Å². The number of benzene rings is 1. The second-order valence-corrected chi connectivity index (χ2v) is 5.99. The fourth-order valence-corrected chi connectivity index (χ4v) is 2.69. The van der Waals surface area contributed by atoms with Gasteiger partial charge in [0, 0.05) is 39.4 Å². The Balaban J connectivity index is 3.28. The summed E-state index contributed by atoms with van der Waals surface area (Å²) in [6.45, 7) is 5.96. The van der Waals surface area contributed by atoms with Crippen LogP contribution in [0.1, 0.15) is 30.9 Å². The van der Waals surface area contributed by atoms with Crippen molar-refractivity contribution in [3.8, 4) is 0 Å². The first kappa shape index (κ1) is 19.2. The Labute approximate surface area is 139 Å². The number of hydrogen-bond acceptors (Lipinski definition) is 3. The summed E-state index contributed by atoms with van der Waals surface area (Å²) in [7, 11) is 4.97. The van der Waals surface area contributed by atoms with E-state index in [0.29, 0.717) is 12.8 Å². The Bertz CT molecular complexity index is 535. The molecule has 0 spiro atoms. The summed E-state index contributed by atoms with van der Waals surface area (Å²) in [6, 6.07) is 5.75. The predicted octanol–water partition coefficient (Wildman–Crippen LogP) is 2.54. The number of aryl methyl sites for hydroxylation is 2. The van der Waals surface area contributed by atoms with Gasteiger partial charge in [0.1, 0.15) is 6.61 Å². The maximum atomic E-state index is 12.7. The van der Waals surface area contributed by atoms with Gasteiger partial charge in [-0.15, -0.1) is 0 Å². The smallest absolute Gasteiger partial charge is 0.253 e. The molecule has 1 rings (SSSR count). The molecular formula is C18H28N2O3. The molecule has 0 saturated carbocycles. The van der Waals surface area contributed by atoms with Crippen molar-refractivity contribution in [2.75, 3.05) is 32.7 Å². The molecule has 23 heavy (non-hydrogen) atoms. The minimum Gasteiger partial charge on any atom is -0.375 e. The average molecular weight is 320 g/mol. The number of anilines is 1. The summed E-state index contributed by atoms with van der Waals surface area (Å²) in [5.74, 6) is -0.110. The molecule has 1 aromatic rings. The van der Waals surface area contributed by atoms with E-state index >= 15 is 0 Å². The van der Waals surface area contributed by atoms with Crippen LogP contribution in [0.15, 0.2) is 18.2 Å². The lowest BCUT2D eigenvalue weighted by Crippen LogP contribution is -2.45. The van der Waals surface area contributed by atoms with Crippen LogP contribution in [-0.2, 0) is 14.3 Å². The van der Waals surface area contributed by atoms with Gasteiger partial charge in [-0.3, -0.25) is 9.59 Å². The lowest BCUT2D eigenvalue weighted by Gasteiger charge is -2.33. The Kier molecular flexibility index (Phi) is 7.23. The molecule has 1 unspecified atom stereocenters. The third-order valence-corrected chi connectivity index (χ3v) is 3.96. The van der Waals surface area contributed by atoms with Gasteiger partial charge in [0.15, 0.2) is 0 Å². The third kappa shape index (κ3) is 4.79. The number of methoxy groups -OCH3 is 1. The third-order valence-electron chi connectivity index (χ3n) is 3.96. The normalized spacial score (nSPS) is 11.9. The van der Waals surface area contributed by atoms with Crippen LogP contribution >= 0.6 is 0 Å². The van der Waals surface area contributed by atoms with Crippen molar-refractivity contribution in [3.63, 3.8) is 0 Å². The van der Waals surface area contributed by atoms with Crippen molar-refractivity contribution in [3.05, 3.63) is 29.3 Å². The number of nitrogens with zero attached hydrogens (tertiary/aromatic N) is 2. The van der Waals surface area contributed by atoms with Crippen molar-refractivity contribution in [2.24, 2.45) is 0 Å². The number of ether oxygens (including phenoxy) is 1. The molecule has 1 aromatic carbocycles. The van der Waals surface area contributed by atoms with Crippen molar-refractivity contribution < 1.29 is 14.3 Å². The highest BCUT2D eigenvalue weighted by molar-refractivity contribution is 5.97. The molecule has 0 aliphatic heterocycles. The Morgan fingerprint density at radius 1 is 1.13 bits per heavy atom. The van der Waals surface area contributed by atoms with Crippen LogP contribution < -0.4 is 4.90 Å². The van der Waals surface area contributed by atoms with E-state index in [1.807, 2.05) is 39.0 Å². The van der Waals surface area contributed by atoms with E-state index in [1.54, 1.807) is 23.9 Å². The molecule has 0 aliphatic carbocycles. The second kappa shape index (κ2) is 8.67. The van der Waals surface area contributed by atoms with E-state index in [0.717, 1.165) is 16.8 Å². The zero-order valence-electron chi connectivity index (χ0n) is 15.0. The first-order valence-corrected chi connectivity index (χ1v) is 7.90. The lowest BCUT2D eigenvalue weighted by atomic mass is 10.0. The van der Waals surface area contributed by atoms with Gasteiger partial charge in [0.05, 0.1) is 0 Å². The summed E-state index contributed by atoms with van der Waals surface area (Å²) in [5.41, 5.74) is 2.92. The van der Waals surface area contributed by atoms with E-state index in [9.17, 15) is 9.59 Å². The molecule has 0 saturated heterocycles. The molecule has 0 bridgehead atoms. The van der Waals surface area contributed by atoms with E-state index in [4.69, 9.17) is 4.74 Å². The summed E-state index contributed by atoms with van der Waals surface area (Å²) < 4.78 is 5.05. The molecule has 1 atom stereocenters. The van der Waals surface area contributed by atoms with Gasteiger partial charge >= 0.3 is 0 Å². The van der Waals surface area contributed by atoms with Crippen LogP contribution in [0.25, 0.3) is 0 Å². The number of rotatable bonds is 7. The number of hydrogen-bond donors (Lipinski definition) is 0. The lowest BCUT2D eigenvalue weighted by molar-refractivity contribution is -0.129. The molecule has 128 valence electrons. The van der Waals surface area contributed by atoms with Crippen LogP contribution in [0, 0.1) is 13.8 Å². The van der Waals surface area contributed by atoms with Gasteiger partial charge in [-0.2, -0.15) is 0 Å². The summed E-state index contributed by atoms with van der Waals surface area (Å²) in [5, 5.41) is 0. The highest BCUT2D eigenvalue weighted by Gasteiger charge is 2.28. The number of carbonyl (C=O) groups is 2. The molecule has 0 aliphatic rings. The maximum absolute atomic E-state index is 12.7. The Morgan fingerprint density at radius 2 is 1.70 bits per heavy atom. The summed E-state index contributed by atoms with van der Waals surface area (Å²) in [6.07, 6.45) is 0.996. The largest absolute Gasteiger partial charge is 0.375 e. The molecule has 5 nitrogen and oxygen atoms in total. The molecule has 0 aromatic heterocycles. The first-order chi connectivity index (χ1) is 10.8. The molecule has 0 radical (unpaired) electrons. The molecule has 0 fully saturated rings. The van der Waals surface area contributed by atoms with E-state index in [-0.39, 0.29) is 24.5 Å². The van der Waals surface area contributed by atoms with Crippen LogP contribution in [0.5, 0.6) is 0 Å². The first-order valence-electron chi connectivity index (χ1n) is 7.90. The average Bonchev–Trinajstić information content (AvgIpc) is 2.49. The summed E-state index contributed by atoms with van der Waals surface area (Å²) >= 11 is 0. The molecule has 0 N–H and O–H groups in total. The number of amides is 2. The quantitative estimate of drug-likeness (QED) is 0.776. The topological polar surface area (TPSA) is 49.9 Å². The fraction of sp³-hybridized carbons (Fsp3) is 0.556. The predicted molar refractivity (Wildman–Crippen MR) is 92.7 cm³/mol. The van der Waals surface area contributed by atoms with Gasteiger partial charge < -0.3 is 14.5 Å². The molecule has 5 heteroatoms. The minimum absolute atomic E-state index is 0.000426. The van der Waals surface area contributed by atoms with Gasteiger partial charge in [-0.05, 0) is 31.4 Å². The highest BCUT2D eigenvalue weighted by Crippen LogP contribution is 2.29. The minimum atomic E-state index is -0.188. The van der Waals surface area contributed by atoms with Crippen LogP contribution in [0.2, 0.25) is 0 Å². The number of carbonyl (C=O) groups excluding carboxylic acids is 2. The van der Waals surface area contributed by atoms with Crippen LogP contribution in [-0.4, -0.2) is 50.6 Å². The van der Waals surface area contributed by atoms with E-state index in [2.05, 4.69) is 0 Å². The molecule has 0 heterocycles. The van der Waals surface area contributed by atoms with Crippen molar-refractivity contribution in [1.29, 1.82) is 0 Å². The van der Waals surface area contributed by atoms with E-state index < -0.39 is 0 Å². The molecular weight excluding hydrogens is 292 g/mol. The van der Waals surface area contributed by atoms with Gasteiger partial charge in [-0.25, -0.2) is 0 Å². The van der Waals surface area contributed by atoms with Crippen molar-refractivity contribution >= 4 is 17.5 Å². The van der Waals surface area contributed by atoms with Crippen molar-refractivity contribution in [1.82, 2.24) is 4.90 Å². The van der Waals surface area contributed by atoms with Gasteiger partial charge in [0.25, 0.3) is 5.91 Å². The van der Waals surface area contributed by atoms with Crippen LogP contribution in [0.3, 0.4) is 0 Å². The van der Waals surface area contributed by atoms with Gasteiger partial charge in [-0.1, -0.05) is 25.1 Å². The second-order valence-electron chi connectivity index (χ2n) is 5.99.